The monoisotopic (exact) mass is 272 g/mol. The van der Waals surface area contributed by atoms with Crippen molar-refractivity contribution >= 4 is 5.91 Å². The van der Waals surface area contributed by atoms with Crippen molar-refractivity contribution in [2.45, 2.75) is 45.8 Å². The quantitative estimate of drug-likeness (QED) is 0.613. The third kappa shape index (κ3) is 6.36. The molecule has 0 spiro atoms. The number of hydrogen-bond acceptors (Lipinski definition) is 4. The summed E-state index contributed by atoms with van der Waals surface area (Å²) in [6.45, 7) is 9.59. The summed E-state index contributed by atoms with van der Waals surface area (Å²) in [5.74, 6) is 0.0354. The van der Waals surface area contributed by atoms with Crippen molar-refractivity contribution in [3.05, 3.63) is 0 Å². The predicted molar refractivity (Wildman–Crippen MR) is 75.1 cm³/mol. The third-order valence-corrected chi connectivity index (χ3v) is 3.15. The van der Waals surface area contributed by atoms with Crippen LogP contribution in [0, 0.1) is 5.92 Å². The highest BCUT2D eigenvalue weighted by Gasteiger charge is 2.33. The van der Waals surface area contributed by atoms with Crippen LogP contribution in [0.25, 0.3) is 0 Å². The minimum atomic E-state index is -0.0578. The standard InChI is InChI=1S/C14H28N2O3/c1-4-6-15-13-10-18-9-12(13)14(17)16-7-5-8-19-11(2)3/h11-13,15H,4-10H2,1-3H3,(H,16,17). The van der Waals surface area contributed by atoms with E-state index < -0.39 is 0 Å². The zero-order chi connectivity index (χ0) is 14.1. The highest BCUT2D eigenvalue weighted by Crippen LogP contribution is 2.13. The molecule has 1 amide bonds. The van der Waals surface area contributed by atoms with Gasteiger partial charge >= 0.3 is 0 Å². The molecule has 0 bridgehead atoms. The van der Waals surface area contributed by atoms with Gasteiger partial charge in [-0.2, -0.15) is 0 Å². The number of carbonyl (C=O) groups is 1. The summed E-state index contributed by atoms with van der Waals surface area (Å²) in [6, 6.07) is 0.159. The molecule has 0 radical (unpaired) electrons. The van der Waals surface area contributed by atoms with E-state index in [1.54, 1.807) is 0 Å². The van der Waals surface area contributed by atoms with Crippen molar-refractivity contribution in [1.82, 2.24) is 10.6 Å². The lowest BCUT2D eigenvalue weighted by Crippen LogP contribution is -2.44. The van der Waals surface area contributed by atoms with E-state index in [1.165, 1.54) is 0 Å². The highest BCUT2D eigenvalue weighted by atomic mass is 16.5. The molecule has 19 heavy (non-hydrogen) atoms. The fraction of sp³-hybridized carbons (Fsp3) is 0.929. The molecule has 5 heteroatoms. The molecule has 2 N–H and O–H groups in total. The van der Waals surface area contributed by atoms with Crippen LogP contribution in [-0.4, -0.2) is 51.0 Å². The average Bonchev–Trinajstić information content (AvgIpc) is 2.83. The molecule has 2 atom stereocenters. The smallest absolute Gasteiger partial charge is 0.227 e. The summed E-state index contributed by atoms with van der Waals surface area (Å²) in [5.41, 5.74) is 0. The van der Waals surface area contributed by atoms with Crippen molar-refractivity contribution in [2.24, 2.45) is 5.92 Å². The van der Waals surface area contributed by atoms with Gasteiger partial charge < -0.3 is 20.1 Å². The van der Waals surface area contributed by atoms with Gasteiger partial charge in [-0.25, -0.2) is 0 Å². The first-order valence-corrected chi connectivity index (χ1v) is 7.35. The maximum atomic E-state index is 12.0. The minimum Gasteiger partial charge on any atom is -0.379 e. The molecule has 0 aromatic heterocycles. The van der Waals surface area contributed by atoms with E-state index in [4.69, 9.17) is 9.47 Å². The maximum Gasteiger partial charge on any atom is 0.227 e. The Morgan fingerprint density at radius 2 is 2.16 bits per heavy atom. The number of rotatable bonds is 9. The summed E-state index contributed by atoms with van der Waals surface area (Å²) >= 11 is 0. The highest BCUT2D eigenvalue weighted by molar-refractivity contribution is 5.79. The second-order valence-corrected chi connectivity index (χ2v) is 5.27. The fourth-order valence-electron chi connectivity index (χ4n) is 2.08. The van der Waals surface area contributed by atoms with Crippen LogP contribution in [0.3, 0.4) is 0 Å². The van der Waals surface area contributed by atoms with Gasteiger partial charge in [-0.05, 0) is 33.2 Å². The number of carbonyl (C=O) groups excluding carboxylic acids is 1. The van der Waals surface area contributed by atoms with Gasteiger partial charge in [-0.1, -0.05) is 6.92 Å². The van der Waals surface area contributed by atoms with Gasteiger partial charge in [0.2, 0.25) is 5.91 Å². The third-order valence-electron chi connectivity index (χ3n) is 3.15. The molecule has 0 aromatic carbocycles. The summed E-state index contributed by atoms with van der Waals surface area (Å²) in [7, 11) is 0. The summed E-state index contributed by atoms with van der Waals surface area (Å²) in [4.78, 5) is 12.0. The van der Waals surface area contributed by atoms with E-state index in [1.807, 2.05) is 13.8 Å². The van der Waals surface area contributed by atoms with E-state index in [9.17, 15) is 4.79 Å². The zero-order valence-corrected chi connectivity index (χ0v) is 12.4. The number of nitrogens with one attached hydrogen (secondary N) is 2. The lowest BCUT2D eigenvalue weighted by Gasteiger charge is -2.18. The molecular formula is C14H28N2O3. The predicted octanol–water partition coefficient (Wildman–Crippen LogP) is 0.932. The van der Waals surface area contributed by atoms with Crippen LogP contribution in [0.5, 0.6) is 0 Å². The van der Waals surface area contributed by atoms with Gasteiger partial charge in [0, 0.05) is 19.2 Å². The van der Waals surface area contributed by atoms with Gasteiger partial charge in [-0.3, -0.25) is 4.79 Å². The second kappa shape index (κ2) is 9.28. The van der Waals surface area contributed by atoms with Crippen molar-refractivity contribution in [1.29, 1.82) is 0 Å². The molecule has 1 fully saturated rings. The van der Waals surface area contributed by atoms with Gasteiger partial charge in [0.1, 0.15) is 0 Å². The van der Waals surface area contributed by atoms with Crippen LogP contribution in [-0.2, 0) is 14.3 Å². The van der Waals surface area contributed by atoms with Gasteiger partial charge in [0.25, 0.3) is 0 Å². The van der Waals surface area contributed by atoms with Gasteiger partial charge in [0.15, 0.2) is 0 Å². The first-order valence-electron chi connectivity index (χ1n) is 7.35. The molecular weight excluding hydrogens is 244 g/mol. The Balaban J connectivity index is 2.17. The first kappa shape index (κ1) is 16.4. The Labute approximate surface area is 116 Å². The average molecular weight is 272 g/mol. The topological polar surface area (TPSA) is 59.6 Å². The van der Waals surface area contributed by atoms with Crippen LogP contribution in [0.2, 0.25) is 0 Å². The van der Waals surface area contributed by atoms with Crippen LogP contribution < -0.4 is 10.6 Å². The Hall–Kier alpha value is -0.650. The molecule has 2 unspecified atom stereocenters. The molecule has 5 nitrogen and oxygen atoms in total. The van der Waals surface area contributed by atoms with Crippen LogP contribution in [0.15, 0.2) is 0 Å². The summed E-state index contributed by atoms with van der Waals surface area (Å²) in [6.07, 6.45) is 2.17. The van der Waals surface area contributed by atoms with Crippen molar-refractivity contribution in [3.63, 3.8) is 0 Å². The second-order valence-electron chi connectivity index (χ2n) is 5.27. The zero-order valence-electron chi connectivity index (χ0n) is 12.4. The molecule has 0 saturated carbocycles. The molecule has 0 aromatic rings. The summed E-state index contributed by atoms with van der Waals surface area (Å²) in [5, 5.41) is 6.33. The Bertz CT molecular complexity index is 259. The largest absolute Gasteiger partial charge is 0.379 e. The molecule has 1 aliphatic rings. The Morgan fingerprint density at radius 3 is 2.84 bits per heavy atom. The minimum absolute atomic E-state index is 0.0578. The van der Waals surface area contributed by atoms with Crippen molar-refractivity contribution in [2.75, 3.05) is 32.9 Å². The van der Waals surface area contributed by atoms with Crippen LogP contribution >= 0.6 is 0 Å². The fourth-order valence-corrected chi connectivity index (χ4v) is 2.08. The first-order chi connectivity index (χ1) is 9.15. The lowest BCUT2D eigenvalue weighted by atomic mass is 10.0. The molecule has 112 valence electrons. The number of hydrogen-bond donors (Lipinski definition) is 2. The number of ether oxygens (including phenoxy) is 2. The van der Waals surface area contributed by atoms with E-state index in [0.717, 1.165) is 19.4 Å². The van der Waals surface area contributed by atoms with E-state index >= 15 is 0 Å². The molecule has 1 saturated heterocycles. The van der Waals surface area contributed by atoms with Gasteiger partial charge in [-0.15, -0.1) is 0 Å². The SMILES string of the molecule is CCCNC1COCC1C(=O)NCCCOC(C)C. The summed E-state index contributed by atoms with van der Waals surface area (Å²) < 4.78 is 10.8. The molecule has 1 aliphatic heterocycles. The van der Waals surface area contributed by atoms with Crippen molar-refractivity contribution < 1.29 is 14.3 Å². The van der Waals surface area contributed by atoms with Crippen molar-refractivity contribution in [3.8, 4) is 0 Å². The molecule has 0 aliphatic carbocycles. The lowest BCUT2D eigenvalue weighted by molar-refractivity contribution is -0.125. The van der Waals surface area contributed by atoms with Gasteiger partial charge in [0.05, 0.1) is 25.2 Å². The van der Waals surface area contributed by atoms with Crippen LogP contribution in [0.4, 0.5) is 0 Å². The van der Waals surface area contributed by atoms with E-state index in [2.05, 4.69) is 17.6 Å². The Kier molecular flexibility index (Phi) is 8.02. The number of amides is 1. The molecule has 1 rings (SSSR count). The normalized spacial score (nSPS) is 22.9. The Morgan fingerprint density at radius 1 is 1.37 bits per heavy atom. The maximum absolute atomic E-state index is 12.0. The van der Waals surface area contributed by atoms with E-state index in [-0.39, 0.29) is 24.0 Å². The molecule has 1 heterocycles. The van der Waals surface area contributed by atoms with E-state index in [0.29, 0.717) is 26.4 Å². The van der Waals surface area contributed by atoms with Crippen LogP contribution in [0.1, 0.15) is 33.6 Å².